The van der Waals surface area contributed by atoms with Crippen LogP contribution in [0.1, 0.15) is 11.1 Å². The maximum absolute atomic E-state index is 5.93. The lowest BCUT2D eigenvalue weighted by Gasteiger charge is -2.08. The van der Waals surface area contributed by atoms with Crippen LogP contribution in [0.2, 0.25) is 0 Å². The summed E-state index contributed by atoms with van der Waals surface area (Å²) in [6.07, 6.45) is 3.66. The summed E-state index contributed by atoms with van der Waals surface area (Å²) in [5.41, 5.74) is 16.8. The van der Waals surface area contributed by atoms with E-state index in [0.29, 0.717) is 6.54 Å². The standard InChI is InChI=1S/C17H17N3/c1-11-4-16(19)7-14-6-13(2-3-17(11)14)15-5-12(8-18)9-20-10-15/h2-7,9-10H,8,18-19H2,1H3. The summed E-state index contributed by atoms with van der Waals surface area (Å²) in [5, 5.41) is 2.38. The van der Waals surface area contributed by atoms with Crippen LogP contribution in [0, 0.1) is 6.92 Å². The van der Waals surface area contributed by atoms with Crippen LogP contribution in [0.5, 0.6) is 0 Å². The molecule has 0 atom stereocenters. The van der Waals surface area contributed by atoms with Crippen LogP contribution in [0.25, 0.3) is 21.9 Å². The van der Waals surface area contributed by atoms with Gasteiger partial charge in [0.2, 0.25) is 0 Å². The first kappa shape index (κ1) is 12.6. The molecule has 0 unspecified atom stereocenters. The van der Waals surface area contributed by atoms with Crippen molar-refractivity contribution in [3.8, 4) is 11.1 Å². The Morgan fingerprint density at radius 3 is 2.65 bits per heavy atom. The SMILES string of the molecule is Cc1cc(N)cc2cc(-c3cncc(CN)c3)ccc12. The first-order valence-electron chi connectivity index (χ1n) is 6.61. The molecule has 3 nitrogen and oxygen atoms in total. The molecule has 0 aliphatic heterocycles. The second-order valence-electron chi connectivity index (χ2n) is 5.06. The highest BCUT2D eigenvalue weighted by Crippen LogP contribution is 2.28. The molecule has 20 heavy (non-hydrogen) atoms. The van der Waals surface area contributed by atoms with Gasteiger partial charge in [0, 0.05) is 30.2 Å². The maximum Gasteiger partial charge on any atom is 0.0346 e. The zero-order valence-corrected chi connectivity index (χ0v) is 11.4. The quantitative estimate of drug-likeness (QED) is 0.697. The van der Waals surface area contributed by atoms with Crippen LogP contribution < -0.4 is 11.5 Å². The minimum atomic E-state index is 0.500. The van der Waals surface area contributed by atoms with Crippen molar-refractivity contribution >= 4 is 16.5 Å². The van der Waals surface area contributed by atoms with Crippen LogP contribution in [-0.4, -0.2) is 4.98 Å². The van der Waals surface area contributed by atoms with E-state index in [2.05, 4.69) is 36.2 Å². The fourth-order valence-corrected chi connectivity index (χ4v) is 2.53. The lowest BCUT2D eigenvalue weighted by atomic mass is 9.98. The number of benzene rings is 2. The molecule has 0 fully saturated rings. The summed E-state index contributed by atoms with van der Waals surface area (Å²) in [5.74, 6) is 0. The number of nitrogen functional groups attached to an aromatic ring is 1. The van der Waals surface area contributed by atoms with Gasteiger partial charge < -0.3 is 11.5 Å². The molecule has 1 aromatic heterocycles. The molecule has 3 rings (SSSR count). The fraction of sp³-hybridized carbons (Fsp3) is 0.118. The normalized spacial score (nSPS) is 10.9. The van der Waals surface area contributed by atoms with Crippen molar-refractivity contribution in [2.45, 2.75) is 13.5 Å². The first-order chi connectivity index (χ1) is 9.67. The van der Waals surface area contributed by atoms with Gasteiger partial charge in [0.05, 0.1) is 0 Å². The number of rotatable bonds is 2. The predicted octanol–water partition coefficient (Wildman–Crippen LogP) is 3.25. The van der Waals surface area contributed by atoms with Crippen molar-refractivity contribution in [2.24, 2.45) is 5.73 Å². The maximum atomic E-state index is 5.93. The summed E-state index contributed by atoms with van der Waals surface area (Å²) in [6, 6.07) is 12.5. The second kappa shape index (κ2) is 4.94. The van der Waals surface area contributed by atoms with E-state index in [-0.39, 0.29) is 0 Å². The van der Waals surface area contributed by atoms with E-state index in [4.69, 9.17) is 11.5 Å². The Kier molecular flexibility index (Phi) is 3.12. The van der Waals surface area contributed by atoms with E-state index in [0.717, 1.165) is 27.8 Å². The monoisotopic (exact) mass is 263 g/mol. The molecular weight excluding hydrogens is 246 g/mol. The van der Waals surface area contributed by atoms with Crippen LogP contribution in [0.3, 0.4) is 0 Å². The number of aromatic nitrogens is 1. The predicted molar refractivity (Wildman–Crippen MR) is 84.2 cm³/mol. The molecule has 0 spiro atoms. The molecule has 100 valence electrons. The van der Waals surface area contributed by atoms with Gasteiger partial charge in [0.15, 0.2) is 0 Å². The summed E-state index contributed by atoms with van der Waals surface area (Å²) < 4.78 is 0. The van der Waals surface area contributed by atoms with Crippen molar-refractivity contribution in [2.75, 3.05) is 5.73 Å². The number of anilines is 1. The molecule has 3 heteroatoms. The molecule has 0 aliphatic rings. The smallest absolute Gasteiger partial charge is 0.0346 e. The summed E-state index contributed by atoms with van der Waals surface area (Å²) in [4.78, 5) is 4.24. The third-order valence-electron chi connectivity index (χ3n) is 3.55. The van der Waals surface area contributed by atoms with E-state index in [1.54, 1.807) is 6.20 Å². The Balaban J connectivity index is 2.17. The molecule has 0 bridgehead atoms. The summed E-state index contributed by atoms with van der Waals surface area (Å²) in [7, 11) is 0. The number of fused-ring (bicyclic) bond motifs is 1. The van der Waals surface area contributed by atoms with Gasteiger partial charge >= 0.3 is 0 Å². The number of aryl methyl sites for hydroxylation is 1. The van der Waals surface area contributed by atoms with Crippen LogP contribution in [0.4, 0.5) is 5.69 Å². The van der Waals surface area contributed by atoms with Gasteiger partial charge in [-0.2, -0.15) is 0 Å². The molecular formula is C17H17N3. The average molecular weight is 263 g/mol. The minimum absolute atomic E-state index is 0.500. The fourth-order valence-electron chi connectivity index (χ4n) is 2.53. The van der Waals surface area contributed by atoms with E-state index >= 15 is 0 Å². The van der Waals surface area contributed by atoms with E-state index in [1.165, 1.54) is 10.9 Å². The topological polar surface area (TPSA) is 64.9 Å². The van der Waals surface area contributed by atoms with Gasteiger partial charge in [-0.05, 0) is 58.7 Å². The molecule has 3 aromatic rings. The highest BCUT2D eigenvalue weighted by Gasteiger charge is 2.04. The van der Waals surface area contributed by atoms with E-state index in [9.17, 15) is 0 Å². The molecule has 0 amide bonds. The van der Waals surface area contributed by atoms with Gasteiger partial charge in [0.1, 0.15) is 0 Å². The second-order valence-corrected chi connectivity index (χ2v) is 5.06. The van der Waals surface area contributed by atoms with Crippen molar-refractivity contribution in [3.05, 3.63) is 59.9 Å². The number of pyridine rings is 1. The highest BCUT2D eigenvalue weighted by atomic mass is 14.6. The van der Waals surface area contributed by atoms with Gasteiger partial charge in [-0.25, -0.2) is 0 Å². The largest absolute Gasteiger partial charge is 0.399 e. The van der Waals surface area contributed by atoms with Crippen LogP contribution in [-0.2, 0) is 6.54 Å². The van der Waals surface area contributed by atoms with Crippen molar-refractivity contribution < 1.29 is 0 Å². The number of nitrogens with two attached hydrogens (primary N) is 2. The number of hydrogen-bond acceptors (Lipinski definition) is 3. The Hall–Kier alpha value is -2.39. The Morgan fingerprint density at radius 1 is 1.00 bits per heavy atom. The molecule has 0 aliphatic carbocycles. The molecule has 0 radical (unpaired) electrons. The molecule has 4 N–H and O–H groups in total. The van der Waals surface area contributed by atoms with Gasteiger partial charge in [-0.3, -0.25) is 4.98 Å². The van der Waals surface area contributed by atoms with Crippen LogP contribution in [0.15, 0.2) is 48.8 Å². The van der Waals surface area contributed by atoms with Crippen molar-refractivity contribution in [1.29, 1.82) is 0 Å². The molecule has 1 heterocycles. The third-order valence-corrected chi connectivity index (χ3v) is 3.55. The zero-order valence-electron chi connectivity index (χ0n) is 11.4. The minimum Gasteiger partial charge on any atom is -0.399 e. The summed E-state index contributed by atoms with van der Waals surface area (Å²) in [6.45, 7) is 2.58. The lowest BCUT2D eigenvalue weighted by Crippen LogP contribution is -1.97. The molecule has 0 saturated heterocycles. The highest BCUT2D eigenvalue weighted by molar-refractivity contribution is 5.91. The first-order valence-corrected chi connectivity index (χ1v) is 6.61. The van der Waals surface area contributed by atoms with Crippen molar-refractivity contribution in [1.82, 2.24) is 4.98 Å². The third kappa shape index (κ3) is 2.24. The zero-order chi connectivity index (χ0) is 14.1. The number of hydrogen-bond donors (Lipinski definition) is 2. The summed E-state index contributed by atoms with van der Waals surface area (Å²) >= 11 is 0. The molecule has 2 aromatic carbocycles. The molecule has 0 saturated carbocycles. The van der Waals surface area contributed by atoms with Gasteiger partial charge in [0.25, 0.3) is 0 Å². The van der Waals surface area contributed by atoms with Gasteiger partial charge in [-0.1, -0.05) is 12.1 Å². The van der Waals surface area contributed by atoms with Gasteiger partial charge in [-0.15, -0.1) is 0 Å². The Bertz CT molecular complexity index is 778. The van der Waals surface area contributed by atoms with Crippen molar-refractivity contribution in [3.63, 3.8) is 0 Å². The Morgan fingerprint density at radius 2 is 1.85 bits per heavy atom. The van der Waals surface area contributed by atoms with E-state index < -0.39 is 0 Å². The average Bonchev–Trinajstić information content (AvgIpc) is 2.46. The number of nitrogens with zero attached hydrogens (tertiary/aromatic N) is 1. The van der Waals surface area contributed by atoms with Crippen LogP contribution >= 0.6 is 0 Å². The Labute approximate surface area is 118 Å². The lowest BCUT2D eigenvalue weighted by molar-refractivity contribution is 1.05. The van der Waals surface area contributed by atoms with E-state index in [1.807, 2.05) is 18.3 Å².